The molecule has 0 N–H and O–H groups in total. The fourth-order valence-corrected chi connectivity index (χ4v) is 4.39. The predicted molar refractivity (Wildman–Crippen MR) is 124 cm³/mol. The quantitative estimate of drug-likeness (QED) is 0.335. The topological polar surface area (TPSA) is 112 Å². The zero-order valence-electron chi connectivity index (χ0n) is 18.7. The minimum absolute atomic E-state index is 0.0108. The average molecular weight is 498 g/mol. The second-order valence-corrected chi connectivity index (χ2v) is 9.23. The second kappa shape index (κ2) is 9.94. The van der Waals surface area contributed by atoms with Crippen molar-refractivity contribution < 1.29 is 31.6 Å². The van der Waals surface area contributed by atoms with Gasteiger partial charge in [0.25, 0.3) is 15.9 Å². The number of halogens is 1. The molecule has 35 heavy (non-hydrogen) atoms. The van der Waals surface area contributed by atoms with Gasteiger partial charge in [0.05, 0.1) is 23.3 Å². The lowest BCUT2D eigenvalue weighted by atomic mass is 10.2. The van der Waals surface area contributed by atoms with Gasteiger partial charge < -0.3 is 14.0 Å². The van der Waals surface area contributed by atoms with Crippen LogP contribution in [0.5, 0.6) is 5.75 Å². The lowest BCUT2D eigenvalue weighted by Crippen LogP contribution is -2.27. The van der Waals surface area contributed by atoms with Gasteiger partial charge in [-0.05, 0) is 60.7 Å². The van der Waals surface area contributed by atoms with Crippen molar-refractivity contribution in [1.29, 1.82) is 0 Å². The zero-order chi connectivity index (χ0) is 25.0. The number of esters is 1. The fraction of sp³-hybridized carbons (Fsp3) is 0.125. The minimum atomic E-state index is -3.90. The molecule has 9 nitrogen and oxygen atoms in total. The van der Waals surface area contributed by atoms with E-state index in [1.54, 1.807) is 24.3 Å². The molecule has 0 bridgehead atoms. The molecule has 0 atom stereocenters. The molecular formula is C24H20FN3O6S. The third-order valence-corrected chi connectivity index (χ3v) is 6.86. The maximum absolute atomic E-state index is 13.1. The number of sulfonamides is 1. The van der Waals surface area contributed by atoms with Crippen molar-refractivity contribution in [1.82, 2.24) is 10.1 Å². The first-order chi connectivity index (χ1) is 16.8. The highest BCUT2D eigenvalue weighted by Gasteiger charge is 2.24. The summed E-state index contributed by atoms with van der Waals surface area (Å²) in [7, 11) is -1.03. The molecular weight excluding hydrogens is 477 g/mol. The van der Waals surface area contributed by atoms with Crippen LogP contribution in [0.4, 0.5) is 10.1 Å². The van der Waals surface area contributed by atoms with Crippen molar-refractivity contribution >= 4 is 21.7 Å². The number of hydrogen-bond acceptors (Lipinski definition) is 8. The van der Waals surface area contributed by atoms with E-state index >= 15 is 0 Å². The number of methoxy groups -OCH3 is 1. The molecule has 11 heteroatoms. The predicted octanol–water partition coefficient (Wildman–Crippen LogP) is 4.07. The second-order valence-electron chi connectivity index (χ2n) is 7.26. The molecule has 0 fully saturated rings. The van der Waals surface area contributed by atoms with Crippen LogP contribution < -0.4 is 9.04 Å². The van der Waals surface area contributed by atoms with Gasteiger partial charge in [-0.2, -0.15) is 4.98 Å². The Hall–Kier alpha value is -4.25. The van der Waals surface area contributed by atoms with Crippen molar-refractivity contribution in [2.75, 3.05) is 18.5 Å². The van der Waals surface area contributed by atoms with E-state index < -0.39 is 21.8 Å². The number of rotatable bonds is 8. The highest BCUT2D eigenvalue weighted by Crippen LogP contribution is 2.31. The summed E-state index contributed by atoms with van der Waals surface area (Å²) in [6.45, 7) is -0.288. The van der Waals surface area contributed by atoms with Gasteiger partial charge in [-0.3, -0.25) is 4.31 Å². The number of benzene rings is 3. The fourth-order valence-electron chi connectivity index (χ4n) is 3.18. The lowest BCUT2D eigenvalue weighted by Gasteiger charge is -2.21. The summed E-state index contributed by atoms with van der Waals surface area (Å²) in [5.74, 6) is -0.410. The third kappa shape index (κ3) is 5.14. The number of anilines is 1. The third-order valence-electron chi connectivity index (χ3n) is 5.07. The number of nitrogens with zero attached hydrogens (tertiary/aromatic N) is 3. The number of carbonyl (C=O) groups is 1. The number of para-hydroxylation sites is 2. The van der Waals surface area contributed by atoms with E-state index in [2.05, 4.69) is 10.1 Å². The largest absolute Gasteiger partial charge is 0.495 e. The summed E-state index contributed by atoms with van der Waals surface area (Å²) in [4.78, 5) is 16.5. The average Bonchev–Trinajstić information content (AvgIpc) is 3.36. The van der Waals surface area contributed by atoms with Gasteiger partial charge in [-0.15, -0.1) is 0 Å². The van der Waals surface area contributed by atoms with Crippen LogP contribution in [0.3, 0.4) is 0 Å². The molecule has 4 rings (SSSR count). The van der Waals surface area contributed by atoms with Crippen molar-refractivity contribution in [3.05, 3.63) is 90.1 Å². The van der Waals surface area contributed by atoms with Crippen LogP contribution in [0, 0.1) is 5.82 Å². The standard InChI is InChI=1S/C24H20FN3O6S/c1-28(20-5-3-4-6-21(20)32-2)35(30,31)19-13-9-17(10-14-19)24(29)33-15-22-26-23(27-34-22)16-7-11-18(25)12-8-16/h3-14H,15H2,1-2H3. The van der Waals surface area contributed by atoms with Crippen LogP contribution >= 0.6 is 0 Å². The SMILES string of the molecule is COc1ccccc1N(C)S(=O)(=O)c1ccc(C(=O)OCc2nc(-c3ccc(F)cc3)no2)cc1. The summed E-state index contributed by atoms with van der Waals surface area (Å²) in [5, 5.41) is 3.78. The summed E-state index contributed by atoms with van der Waals surface area (Å²) in [5.41, 5.74) is 1.06. The van der Waals surface area contributed by atoms with E-state index in [1.165, 1.54) is 62.7 Å². The smallest absolute Gasteiger partial charge is 0.338 e. The van der Waals surface area contributed by atoms with Crippen LogP contribution in [0.15, 0.2) is 82.2 Å². The molecule has 0 spiro atoms. The molecule has 0 radical (unpaired) electrons. The first kappa shape index (κ1) is 23.9. The first-order valence-corrected chi connectivity index (χ1v) is 11.7. The van der Waals surface area contributed by atoms with Gasteiger partial charge in [0.1, 0.15) is 11.6 Å². The Bertz CT molecular complexity index is 1440. The summed E-state index contributed by atoms with van der Waals surface area (Å²) in [6.07, 6.45) is 0. The van der Waals surface area contributed by atoms with E-state index in [-0.39, 0.29) is 28.8 Å². The Balaban J connectivity index is 1.42. The van der Waals surface area contributed by atoms with E-state index in [0.717, 1.165) is 4.31 Å². The number of carbonyl (C=O) groups excluding carboxylic acids is 1. The van der Waals surface area contributed by atoms with E-state index in [4.69, 9.17) is 14.0 Å². The monoisotopic (exact) mass is 497 g/mol. The zero-order valence-corrected chi connectivity index (χ0v) is 19.5. The highest BCUT2D eigenvalue weighted by molar-refractivity contribution is 7.92. The Morgan fingerprint density at radius 2 is 1.71 bits per heavy atom. The molecule has 0 unspecified atom stereocenters. The number of hydrogen-bond donors (Lipinski definition) is 0. The van der Waals surface area contributed by atoms with E-state index in [9.17, 15) is 17.6 Å². The maximum Gasteiger partial charge on any atom is 0.338 e. The van der Waals surface area contributed by atoms with Crippen molar-refractivity contribution in [3.8, 4) is 17.1 Å². The van der Waals surface area contributed by atoms with Crippen molar-refractivity contribution in [3.63, 3.8) is 0 Å². The Morgan fingerprint density at radius 3 is 2.40 bits per heavy atom. The maximum atomic E-state index is 13.1. The minimum Gasteiger partial charge on any atom is -0.495 e. The van der Waals surface area contributed by atoms with Crippen LogP contribution in [0.25, 0.3) is 11.4 Å². The van der Waals surface area contributed by atoms with Crippen LogP contribution in [0.2, 0.25) is 0 Å². The summed E-state index contributed by atoms with van der Waals surface area (Å²) < 4.78 is 55.7. The normalized spacial score (nSPS) is 11.2. The molecule has 3 aromatic carbocycles. The summed E-state index contributed by atoms with van der Waals surface area (Å²) >= 11 is 0. The van der Waals surface area contributed by atoms with Gasteiger partial charge >= 0.3 is 5.97 Å². The van der Waals surface area contributed by atoms with Crippen LogP contribution in [-0.2, 0) is 21.4 Å². The Morgan fingerprint density at radius 1 is 1.03 bits per heavy atom. The van der Waals surface area contributed by atoms with Gasteiger partial charge in [0.2, 0.25) is 5.82 Å². The van der Waals surface area contributed by atoms with E-state index in [1.807, 2.05) is 0 Å². The molecule has 0 saturated heterocycles. The van der Waals surface area contributed by atoms with Crippen LogP contribution in [-0.4, -0.2) is 38.7 Å². The Labute approximate surface area is 200 Å². The van der Waals surface area contributed by atoms with Crippen LogP contribution in [0.1, 0.15) is 16.2 Å². The Kier molecular flexibility index (Phi) is 6.78. The van der Waals surface area contributed by atoms with Crippen molar-refractivity contribution in [2.24, 2.45) is 0 Å². The number of aromatic nitrogens is 2. The molecule has 0 aliphatic carbocycles. The van der Waals surface area contributed by atoms with Gasteiger partial charge in [0.15, 0.2) is 6.61 Å². The first-order valence-electron chi connectivity index (χ1n) is 10.3. The summed E-state index contributed by atoms with van der Waals surface area (Å²) in [6, 6.07) is 17.6. The van der Waals surface area contributed by atoms with Gasteiger partial charge in [-0.25, -0.2) is 17.6 Å². The molecule has 0 saturated carbocycles. The lowest BCUT2D eigenvalue weighted by molar-refractivity contribution is 0.0429. The number of ether oxygens (including phenoxy) is 2. The molecule has 1 heterocycles. The highest BCUT2D eigenvalue weighted by atomic mass is 32.2. The van der Waals surface area contributed by atoms with E-state index in [0.29, 0.717) is 17.0 Å². The van der Waals surface area contributed by atoms with Gasteiger partial charge in [-0.1, -0.05) is 17.3 Å². The molecule has 180 valence electrons. The molecule has 0 amide bonds. The van der Waals surface area contributed by atoms with Crippen molar-refractivity contribution in [2.45, 2.75) is 11.5 Å². The molecule has 0 aliphatic heterocycles. The molecule has 0 aliphatic rings. The van der Waals surface area contributed by atoms with Gasteiger partial charge in [0, 0.05) is 12.6 Å². The molecule has 4 aromatic rings. The molecule has 1 aromatic heterocycles.